The van der Waals surface area contributed by atoms with Crippen molar-refractivity contribution in [2.24, 2.45) is 0 Å². The maximum Gasteiger partial charge on any atom is 0.422 e. The highest BCUT2D eigenvalue weighted by Crippen LogP contribution is 2.16. The van der Waals surface area contributed by atoms with E-state index in [-0.39, 0.29) is 0 Å². The van der Waals surface area contributed by atoms with Gasteiger partial charge in [-0.05, 0) is 32.9 Å². The van der Waals surface area contributed by atoms with Crippen molar-refractivity contribution in [1.29, 1.82) is 0 Å². The Hall–Kier alpha value is -1.80. The van der Waals surface area contributed by atoms with E-state index in [1.807, 2.05) is 35.1 Å². The SMILES string of the molecule is CC(C)(C)OC(=O)NS(=O)(=O)N1CCN(c2ccccc2)CC1. The molecule has 0 aromatic heterocycles. The van der Waals surface area contributed by atoms with Crippen molar-refractivity contribution in [2.45, 2.75) is 26.4 Å². The molecule has 0 bridgehead atoms. The van der Waals surface area contributed by atoms with Gasteiger partial charge in [-0.25, -0.2) is 9.52 Å². The van der Waals surface area contributed by atoms with Gasteiger partial charge < -0.3 is 9.64 Å². The third-order valence-corrected chi connectivity index (χ3v) is 4.78. The number of benzene rings is 1. The van der Waals surface area contributed by atoms with Crippen molar-refractivity contribution in [3.05, 3.63) is 30.3 Å². The van der Waals surface area contributed by atoms with E-state index >= 15 is 0 Å². The van der Waals surface area contributed by atoms with Crippen molar-refractivity contribution >= 4 is 22.0 Å². The van der Waals surface area contributed by atoms with Crippen LogP contribution in [0.4, 0.5) is 10.5 Å². The topological polar surface area (TPSA) is 78.9 Å². The number of carbonyl (C=O) groups is 1. The minimum absolute atomic E-state index is 0.313. The Morgan fingerprint density at radius 1 is 1.09 bits per heavy atom. The van der Waals surface area contributed by atoms with E-state index in [0.29, 0.717) is 26.2 Å². The summed E-state index contributed by atoms with van der Waals surface area (Å²) in [6.45, 7) is 6.80. The molecule has 1 aromatic rings. The van der Waals surface area contributed by atoms with Crippen LogP contribution in [0, 0.1) is 0 Å². The molecule has 0 aliphatic carbocycles. The number of ether oxygens (including phenoxy) is 1. The molecule has 1 aliphatic heterocycles. The molecule has 23 heavy (non-hydrogen) atoms. The number of piperazine rings is 1. The predicted octanol–water partition coefficient (Wildman–Crippen LogP) is 1.58. The molecule has 0 saturated carbocycles. The first-order valence-corrected chi connectivity index (χ1v) is 8.92. The van der Waals surface area contributed by atoms with Gasteiger partial charge in [0.25, 0.3) is 0 Å². The first-order valence-electron chi connectivity index (χ1n) is 7.48. The van der Waals surface area contributed by atoms with E-state index in [2.05, 4.69) is 4.90 Å². The lowest BCUT2D eigenvalue weighted by Crippen LogP contribution is -2.53. The van der Waals surface area contributed by atoms with Crippen LogP contribution in [0.2, 0.25) is 0 Å². The van der Waals surface area contributed by atoms with Gasteiger partial charge in [0.15, 0.2) is 0 Å². The number of para-hydroxylation sites is 1. The van der Waals surface area contributed by atoms with E-state index in [1.165, 1.54) is 4.31 Å². The summed E-state index contributed by atoms with van der Waals surface area (Å²) in [6, 6.07) is 9.81. The Morgan fingerprint density at radius 2 is 1.65 bits per heavy atom. The van der Waals surface area contributed by atoms with Crippen molar-refractivity contribution < 1.29 is 17.9 Å². The van der Waals surface area contributed by atoms with Crippen LogP contribution < -0.4 is 9.62 Å². The second-order valence-corrected chi connectivity index (χ2v) is 8.00. The van der Waals surface area contributed by atoms with E-state index < -0.39 is 21.9 Å². The number of amides is 1. The standard InChI is InChI=1S/C15H23N3O4S/c1-15(2,3)22-14(19)16-23(20,21)18-11-9-17(10-12-18)13-7-5-4-6-8-13/h4-8H,9-12H2,1-3H3,(H,16,19). The van der Waals surface area contributed by atoms with Crippen LogP contribution in [-0.4, -0.2) is 50.6 Å². The lowest BCUT2D eigenvalue weighted by atomic mass is 10.2. The summed E-state index contributed by atoms with van der Waals surface area (Å²) < 4.78 is 32.6. The largest absolute Gasteiger partial charge is 0.443 e. The number of hydrogen-bond donors (Lipinski definition) is 1. The molecular formula is C15H23N3O4S. The molecule has 0 unspecified atom stereocenters. The van der Waals surface area contributed by atoms with Crippen LogP contribution in [0.25, 0.3) is 0 Å². The Labute approximate surface area is 137 Å². The second-order valence-electron chi connectivity index (χ2n) is 6.33. The highest BCUT2D eigenvalue weighted by molar-refractivity contribution is 7.87. The highest BCUT2D eigenvalue weighted by atomic mass is 32.2. The summed E-state index contributed by atoms with van der Waals surface area (Å²) in [5.74, 6) is 0. The van der Waals surface area contributed by atoms with Gasteiger partial charge in [-0.3, -0.25) is 0 Å². The van der Waals surface area contributed by atoms with Crippen LogP contribution in [0.15, 0.2) is 30.3 Å². The minimum Gasteiger partial charge on any atom is -0.443 e. The zero-order valence-electron chi connectivity index (χ0n) is 13.7. The molecule has 0 spiro atoms. The Balaban J connectivity index is 1.92. The molecule has 0 atom stereocenters. The monoisotopic (exact) mass is 341 g/mol. The van der Waals surface area contributed by atoms with Gasteiger partial charge in [0.05, 0.1) is 0 Å². The Kier molecular flexibility index (Phi) is 5.16. The zero-order valence-corrected chi connectivity index (χ0v) is 14.5. The summed E-state index contributed by atoms with van der Waals surface area (Å²) in [7, 11) is -3.88. The summed E-state index contributed by atoms with van der Waals surface area (Å²) in [5.41, 5.74) is 0.315. The number of hydrogen-bond acceptors (Lipinski definition) is 5. The first-order chi connectivity index (χ1) is 10.7. The average molecular weight is 341 g/mol. The van der Waals surface area contributed by atoms with Crippen LogP contribution in [-0.2, 0) is 14.9 Å². The van der Waals surface area contributed by atoms with Gasteiger partial charge in [-0.1, -0.05) is 18.2 Å². The maximum atomic E-state index is 12.2. The van der Waals surface area contributed by atoms with Gasteiger partial charge in [-0.2, -0.15) is 12.7 Å². The van der Waals surface area contributed by atoms with Gasteiger partial charge in [0, 0.05) is 31.9 Å². The summed E-state index contributed by atoms with van der Waals surface area (Å²) >= 11 is 0. The molecule has 1 fully saturated rings. The van der Waals surface area contributed by atoms with Crippen molar-refractivity contribution in [1.82, 2.24) is 9.03 Å². The van der Waals surface area contributed by atoms with E-state index in [9.17, 15) is 13.2 Å². The predicted molar refractivity (Wildman–Crippen MR) is 88.5 cm³/mol. The minimum atomic E-state index is -3.88. The number of rotatable bonds is 3. The van der Waals surface area contributed by atoms with E-state index in [1.54, 1.807) is 20.8 Å². The molecule has 8 heteroatoms. The van der Waals surface area contributed by atoms with Crippen LogP contribution >= 0.6 is 0 Å². The molecule has 1 aliphatic rings. The third-order valence-electron chi connectivity index (χ3n) is 3.31. The zero-order chi connectivity index (χ0) is 17.1. The summed E-state index contributed by atoms with van der Waals surface area (Å²) in [4.78, 5) is 13.8. The number of nitrogens with zero attached hydrogens (tertiary/aromatic N) is 2. The molecule has 128 valence electrons. The second kappa shape index (κ2) is 6.76. The number of carbonyl (C=O) groups excluding carboxylic acids is 1. The molecule has 1 saturated heterocycles. The van der Waals surface area contributed by atoms with Gasteiger partial charge in [0.1, 0.15) is 5.60 Å². The normalized spacial score (nSPS) is 16.9. The van der Waals surface area contributed by atoms with Crippen LogP contribution in [0.1, 0.15) is 20.8 Å². The maximum absolute atomic E-state index is 12.2. The fourth-order valence-electron chi connectivity index (χ4n) is 2.29. The molecule has 1 amide bonds. The summed E-state index contributed by atoms with van der Waals surface area (Å²) in [6.07, 6.45) is -0.956. The molecule has 1 N–H and O–H groups in total. The highest BCUT2D eigenvalue weighted by Gasteiger charge is 2.30. The number of anilines is 1. The fourth-order valence-corrected chi connectivity index (χ4v) is 3.32. The number of nitrogens with one attached hydrogen (secondary N) is 1. The van der Waals surface area contributed by atoms with Crippen molar-refractivity contribution in [3.8, 4) is 0 Å². The lowest BCUT2D eigenvalue weighted by molar-refractivity contribution is 0.0567. The smallest absolute Gasteiger partial charge is 0.422 e. The fraction of sp³-hybridized carbons (Fsp3) is 0.533. The summed E-state index contributed by atoms with van der Waals surface area (Å²) in [5, 5.41) is 0. The quantitative estimate of drug-likeness (QED) is 0.903. The molecule has 0 radical (unpaired) electrons. The van der Waals surface area contributed by atoms with Crippen molar-refractivity contribution in [3.63, 3.8) is 0 Å². The third kappa shape index (κ3) is 5.11. The molecular weight excluding hydrogens is 318 g/mol. The van der Waals surface area contributed by atoms with Gasteiger partial charge >= 0.3 is 16.3 Å². The molecule has 7 nitrogen and oxygen atoms in total. The average Bonchev–Trinajstić information content (AvgIpc) is 2.45. The Bertz CT molecular complexity index is 632. The molecule has 2 rings (SSSR count). The molecule has 1 aromatic carbocycles. The van der Waals surface area contributed by atoms with Crippen LogP contribution in [0.5, 0.6) is 0 Å². The Morgan fingerprint density at radius 3 is 2.17 bits per heavy atom. The lowest BCUT2D eigenvalue weighted by Gasteiger charge is -2.35. The van der Waals surface area contributed by atoms with E-state index in [0.717, 1.165) is 5.69 Å². The van der Waals surface area contributed by atoms with E-state index in [4.69, 9.17) is 4.74 Å². The van der Waals surface area contributed by atoms with Crippen molar-refractivity contribution in [2.75, 3.05) is 31.1 Å². The molecule has 1 heterocycles. The van der Waals surface area contributed by atoms with Crippen LogP contribution in [0.3, 0.4) is 0 Å². The first kappa shape index (κ1) is 17.6. The van der Waals surface area contributed by atoms with Gasteiger partial charge in [-0.15, -0.1) is 0 Å². The van der Waals surface area contributed by atoms with Gasteiger partial charge in [0.2, 0.25) is 0 Å².